The summed E-state index contributed by atoms with van der Waals surface area (Å²) >= 11 is 0. The van der Waals surface area contributed by atoms with Crippen LogP contribution in [0.4, 0.5) is 5.69 Å². The zero-order valence-corrected chi connectivity index (χ0v) is 14.1. The predicted molar refractivity (Wildman–Crippen MR) is 93.6 cm³/mol. The van der Waals surface area contributed by atoms with Gasteiger partial charge in [-0.2, -0.15) is 0 Å². The van der Waals surface area contributed by atoms with Crippen LogP contribution in [0.2, 0.25) is 0 Å². The highest BCUT2D eigenvalue weighted by Gasteiger charge is 2.18. The van der Waals surface area contributed by atoms with Gasteiger partial charge in [0.05, 0.1) is 0 Å². The predicted octanol–water partition coefficient (Wildman–Crippen LogP) is 3.30. The highest BCUT2D eigenvalue weighted by Crippen LogP contribution is 2.21. The molecule has 1 aromatic carbocycles. The topological polar surface area (TPSA) is 76.7 Å². The first-order valence-electron chi connectivity index (χ1n) is 8.38. The summed E-state index contributed by atoms with van der Waals surface area (Å²) in [4.78, 5) is 15.9. The second kappa shape index (κ2) is 8.56. The van der Waals surface area contributed by atoms with Crippen molar-refractivity contribution >= 4 is 17.6 Å². The lowest BCUT2D eigenvalue weighted by molar-refractivity contribution is -0.148. The second-order valence-corrected chi connectivity index (χ2v) is 6.19. The summed E-state index contributed by atoms with van der Waals surface area (Å²) in [6.07, 6.45) is 5.55. The van der Waals surface area contributed by atoms with Crippen molar-refractivity contribution in [1.29, 1.82) is 0 Å². The summed E-state index contributed by atoms with van der Waals surface area (Å²) in [6.45, 7) is 4.65. The standard InChI is InChI=1S/C18H27N3O2/c1-13-9-10-15(12-14(13)2)21-18(19)20-11-5-8-17(22)23-16-6-3-4-7-16/h9-10,12,16H,3-8,11H2,1-2H3,(H3,19,20,21). The maximum absolute atomic E-state index is 11.7. The Bertz CT molecular complexity index is 563. The minimum Gasteiger partial charge on any atom is -0.462 e. The van der Waals surface area contributed by atoms with Gasteiger partial charge in [-0.25, -0.2) is 0 Å². The molecule has 0 aromatic heterocycles. The molecule has 1 aliphatic carbocycles. The Morgan fingerprint density at radius 1 is 1.30 bits per heavy atom. The van der Waals surface area contributed by atoms with E-state index in [0.29, 0.717) is 25.3 Å². The lowest BCUT2D eigenvalue weighted by Gasteiger charge is -2.10. The van der Waals surface area contributed by atoms with Crippen molar-refractivity contribution in [2.75, 3.05) is 11.9 Å². The number of nitrogens with two attached hydrogens (primary N) is 1. The van der Waals surface area contributed by atoms with Gasteiger partial charge in [0.25, 0.3) is 0 Å². The molecule has 0 heterocycles. The van der Waals surface area contributed by atoms with E-state index >= 15 is 0 Å². The van der Waals surface area contributed by atoms with E-state index < -0.39 is 0 Å². The molecule has 0 saturated heterocycles. The number of hydrogen-bond acceptors (Lipinski definition) is 3. The van der Waals surface area contributed by atoms with Crippen LogP contribution in [0.1, 0.15) is 49.7 Å². The summed E-state index contributed by atoms with van der Waals surface area (Å²) in [5.41, 5.74) is 9.24. The minimum absolute atomic E-state index is 0.118. The van der Waals surface area contributed by atoms with E-state index in [1.54, 1.807) is 0 Å². The maximum atomic E-state index is 11.7. The molecule has 3 N–H and O–H groups in total. The van der Waals surface area contributed by atoms with Crippen molar-refractivity contribution in [2.45, 2.75) is 58.5 Å². The van der Waals surface area contributed by atoms with Gasteiger partial charge in [0.15, 0.2) is 5.96 Å². The molecule has 0 spiro atoms. The number of guanidine groups is 1. The number of benzene rings is 1. The van der Waals surface area contributed by atoms with E-state index in [4.69, 9.17) is 10.5 Å². The number of esters is 1. The van der Waals surface area contributed by atoms with E-state index in [1.165, 1.54) is 24.0 Å². The normalized spacial score (nSPS) is 15.7. The molecule has 1 saturated carbocycles. The van der Waals surface area contributed by atoms with Gasteiger partial charge in [-0.15, -0.1) is 0 Å². The molecule has 0 amide bonds. The van der Waals surface area contributed by atoms with Crippen molar-refractivity contribution in [3.63, 3.8) is 0 Å². The molecule has 23 heavy (non-hydrogen) atoms. The van der Waals surface area contributed by atoms with Crippen LogP contribution in [-0.4, -0.2) is 24.6 Å². The fourth-order valence-electron chi connectivity index (χ4n) is 2.68. The molecule has 0 atom stereocenters. The summed E-state index contributed by atoms with van der Waals surface area (Å²) < 4.78 is 5.40. The molecule has 126 valence electrons. The number of aliphatic imine (C=N–C) groups is 1. The number of rotatable bonds is 6. The lowest BCUT2D eigenvalue weighted by Crippen LogP contribution is -2.23. The van der Waals surface area contributed by atoms with Gasteiger partial charge in [-0.3, -0.25) is 9.79 Å². The zero-order valence-electron chi connectivity index (χ0n) is 14.1. The summed E-state index contributed by atoms with van der Waals surface area (Å²) in [7, 11) is 0. The van der Waals surface area contributed by atoms with Crippen LogP contribution in [0.25, 0.3) is 0 Å². The molecule has 1 aromatic rings. The van der Waals surface area contributed by atoms with E-state index in [9.17, 15) is 4.79 Å². The fourth-order valence-corrected chi connectivity index (χ4v) is 2.68. The van der Waals surface area contributed by atoms with Crippen molar-refractivity contribution in [3.8, 4) is 0 Å². The monoisotopic (exact) mass is 317 g/mol. The zero-order chi connectivity index (χ0) is 16.7. The number of hydrogen-bond donors (Lipinski definition) is 2. The molecular formula is C18H27N3O2. The van der Waals surface area contributed by atoms with Gasteiger partial charge in [0.1, 0.15) is 6.10 Å². The first-order valence-corrected chi connectivity index (χ1v) is 8.38. The van der Waals surface area contributed by atoms with Gasteiger partial charge in [0, 0.05) is 18.7 Å². The molecule has 5 nitrogen and oxygen atoms in total. The summed E-state index contributed by atoms with van der Waals surface area (Å²) in [6, 6.07) is 6.06. The molecule has 1 aliphatic rings. The average Bonchev–Trinajstić information content (AvgIpc) is 3.00. The van der Waals surface area contributed by atoms with Crippen LogP contribution in [0.15, 0.2) is 23.2 Å². The SMILES string of the molecule is Cc1ccc(NC(N)=NCCCC(=O)OC2CCCC2)cc1C. The van der Waals surface area contributed by atoms with Gasteiger partial charge in [-0.05, 0) is 69.2 Å². The van der Waals surface area contributed by atoms with Gasteiger partial charge < -0.3 is 15.8 Å². The van der Waals surface area contributed by atoms with Gasteiger partial charge in [0.2, 0.25) is 0 Å². The van der Waals surface area contributed by atoms with E-state index in [2.05, 4.69) is 24.2 Å². The van der Waals surface area contributed by atoms with Crippen LogP contribution in [0.5, 0.6) is 0 Å². The third-order valence-electron chi connectivity index (χ3n) is 4.20. The third-order valence-corrected chi connectivity index (χ3v) is 4.20. The first kappa shape index (κ1) is 17.3. The lowest BCUT2D eigenvalue weighted by atomic mass is 10.1. The Labute approximate surface area is 138 Å². The number of anilines is 1. The molecule has 0 radical (unpaired) electrons. The van der Waals surface area contributed by atoms with Gasteiger partial charge in [-0.1, -0.05) is 6.07 Å². The minimum atomic E-state index is -0.118. The molecule has 5 heteroatoms. The summed E-state index contributed by atoms with van der Waals surface area (Å²) in [5.74, 6) is 0.255. The van der Waals surface area contributed by atoms with E-state index in [0.717, 1.165) is 18.5 Å². The Morgan fingerprint density at radius 3 is 2.74 bits per heavy atom. The van der Waals surface area contributed by atoms with Crippen molar-refractivity contribution in [2.24, 2.45) is 10.7 Å². The van der Waals surface area contributed by atoms with Crippen LogP contribution in [-0.2, 0) is 9.53 Å². The van der Waals surface area contributed by atoms with E-state index in [1.807, 2.05) is 18.2 Å². The largest absolute Gasteiger partial charge is 0.462 e. The molecular weight excluding hydrogens is 290 g/mol. The Morgan fingerprint density at radius 2 is 2.04 bits per heavy atom. The van der Waals surface area contributed by atoms with Crippen molar-refractivity contribution in [3.05, 3.63) is 29.3 Å². The maximum Gasteiger partial charge on any atom is 0.306 e. The molecule has 0 aliphatic heterocycles. The average molecular weight is 317 g/mol. The third kappa shape index (κ3) is 5.93. The van der Waals surface area contributed by atoms with Crippen molar-refractivity contribution in [1.82, 2.24) is 0 Å². The second-order valence-electron chi connectivity index (χ2n) is 6.19. The number of carbonyl (C=O) groups excluding carboxylic acids is 1. The van der Waals surface area contributed by atoms with Crippen LogP contribution in [0, 0.1) is 13.8 Å². The number of carbonyl (C=O) groups is 1. The Kier molecular flexibility index (Phi) is 6.44. The number of ether oxygens (including phenoxy) is 1. The smallest absolute Gasteiger partial charge is 0.306 e. The van der Waals surface area contributed by atoms with Crippen LogP contribution in [0.3, 0.4) is 0 Å². The van der Waals surface area contributed by atoms with Crippen molar-refractivity contribution < 1.29 is 9.53 Å². The Balaban J connectivity index is 1.67. The highest BCUT2D eigenvalue weighted by molar-refractivity contribution is 5.92. The molecule has 0 unspecified atom stereocenters. The first-order chi connectivity index (χ1) is 11.0. The Hall–Kier alpha value is -2.04. The molecule has 2 rings (SSSR count). The quantitative estimate of drug-likeness (QED) is 0.365. The number of aryl methyl sites for hydroxylation is 2. The van der Waals surface area contributed by atoms with Crippen LogP contribution < -0.4 is 11.1 Å². The number of nitrogens with one attached hydrogen (secondary N) is 1. The van der Waals surface area contributed by atoms with Gasteiger partial charge >= 0.3 is 5.97 Å². The van der Waals surface area contributed by atoms with E-state index in [-0.39, 0.29) is 12.1 Å². The van der Waals surface area contributed by atoms with Crippen LogP contribution >= 0.6 is 0 Å². The molecule has 0 bridgehead atoms. The highest BCUT2D eigenvalue weighted by atomic mass is 16.5. The number of nitrogens with zero attached hydrogens (tertiary/aromatic N) is 1. The fraction of sp³-hybridized carbons (Fsp3) is 0.556. The molecule has 1 fully saturated rings. The summed E-state index contributed by atoms with van der Waals surface area (Å²) in [5, 5.41) is 3.07.